The Bertz CT molecular complexity index is 435. The average molecular weight is 252 g/mol. The first-order valence-corrected chi connectivity index (χ1v) is 6.70. The summed E-state index contributed by atoms with van der Waals surface area (Å²) in [6.45, 7) is 1.99. The molecule has 2 aliphatic heterocycles. The highest BCUT2D eigenvalue weighted by Crippen LogP contribution is 2.41. The van der Waals surface area contributed by atoms with Crippen LogP contribution in [0.2, 0.25) is 0 Å². The summed E-state index contributed by atoms with van der Waals surface area (Å²) < 4.78 is 6.18. The molecular formula is C12H16N2O2S. The third kappa shape index (κ3) is 1.94. The Labute approximate surface area is 105 Å². The van der Waals surface area contributed by atoms with Gasteiger partial charge in [0.1, 0.15) is 11.4 Å². The molecule has 0 aromatic carbocycles. The molecule has 17 heavy (non-hydrogen) atoms. The van der Waals surface area contributed by atoms with Crippen molar-refractivity contribution < 1.29 is 9.57 Å². The van der Waals surface area contributed by atoms with Crippen LogP contribution in [0.3, 0.4) is 0 Å². The van der Waals surface area contributed by atoms with Gasteiger partial charge in [-0.1, -0.05) is 0 Å². The lowest BCUT2D eigenvalue weighted by atomic mass is 9.89. The van der Waals surface area contributed by atoms with Crippen LogP contribution >= 0.6 is 11.3 Å². The minimum Gasteiger partial charge on any atom is -0.481 e. The molecule has 5 heteroatoms. The van der Waals surface area contributed by atoms with Gasteiger partial charge < -0.3 is 10.1 Å². The first-order valence-electron chi connectivity index (χ1n) is 5.82. The van der Waals surface area contributed by atoms with Crippen molar-refractivity contribution in [2.45, 2.75) is 18.4 Å². The lowest BCUT2D eigenvalue weighted by Gasteiger charge is -2.38. The molecule has 0 atom stereocenters. The van der Waals surface area contributed by atoms with Gasteiger partial charge in [-0.15, -0.1) is 11.3 Å². The monoisotopic (exact) mass is 252 g/mol. The van der Waals surface area contributed by atoms with Crippen molar-refractivity contribution in [1.29, 1.82) is 0 Å². The van der Waals surface area contributed by atoms with Crippen LogP contribution in [0.15, 0.2) is 17.5 Å². The van der Waals surface area contributed by atoms with E-state index < -0.39 is 0 Å². The van der Waals surface area contributed by atoms with E-state index in [4.69, 9.17) is 9.57 Å². The second-order valence-electron chi connectivity index (χ2n) is 4.40. The summed E-state index contributed by atoms with van der Waals surface area (Å²) in [6, 6.07) is 2.04. The number of nitrogens with one attached hydrogen (secondary N) is 2. The van der Waals surface area contributed by atoms with Gasteiger partial charge in [-0.25, -0.2) is 0 Å². The smallest absolute Gasteiger partial charge is 0.140 e. The number of ether oxygens (including phenoxy) is 1. The second-order valence-corrected chi connectivity index (χ2v) is 5.31. The Hall–Kier alpha value is -1.04. The molecule has 2 aliphatic rings. The highest BCUT2D eigenvalue weighted by molar-refractivity contribution is 7.11. The minimum absolute atomic E-state index is 0.166. The second kappa shape index (κ2) is 4.33. The standard InChI is InChI=1S/C12H16N2O2S/c1-15-14-9-8-12(3-5-13-6-4-12)16-10-2-7-17-11(9)10/h2,7-8,13-14H,3-6H2,1H3. The normalized spacial score (nSPS) is 21.6. The maximum Gasteiger partial charge on any atom is 0.140 e. The van der Waals surface area contributed by atoms with Crippen LogP contribution in [0.5, 0.6) is 5.75 Å². The van der Waals surface area contributed by atoms with E-state index in [0.29, 0.717) is 0 Å². The number of thiophene rings is 1. The Morgan fingerprint density at radius 1 is 1.47 bits per heavy atom. The summed E-state index contributed by atoms with van der Waals surface area (Å²) in [5.41, 5.74) is 3.84. The van der Waals surface area contributed by atoms with Crippen molar-refractivity contribution in [2.75, 3.05) is 20.2 Å². The fourth-order valence-corrected chi connectivity index (χ4v) is 3.21. The van der Waals surface area contributed by atoms with Crippen LogP contribution in [-0.2, 0) is 4.84 Å². The third-order valence-electron chi connectivity index (χ3n) is 3.26. The maximum atomic E-state index is 6.18. The summed E-state index contributed by atoms with van der Waals surface area (Å²) in [7, 11) is 1.64. The van der Waals surface area contributed by atoms with Crippen LogP contribution in [0.1, 0.15) is 17.7 Å². The molecule has 0 saturated carbocycles. The van der Waals surface area contributed by atoms with Gasteiger partial charge in [-0.2, -0.15) is 0 Å². The van der Waals surface area contributed by atoms with Crippen LogP contribution in [0.4, 0.5) is 0 Å². The Morgan fingerprint density at radius 3 is 3.06 bits per heavy atom. The summed E-state index contributed by atoms with van der Waals surface area (Å²) in [6.07, 6.45) is 4.17. The quantitative estimate of drug-likeness (QED) is 0.787. The van der Waals surface area contributed by atoms with Crippen molar-refractivity contribution in [2.24, 2.45) is 0 Å². The Morgan fingerprint density at radius 2 is 2.29 bits per heavy atom. The molecule has 2 N–H and O–H groups in total. The van der Waals surface area contributed by atoms with E-state index >= 15 is 0 Å². The third-order valence-corrected chi connectivity index (χ3v) is 4.19. The van der Waals surface area contributed by atoms with Gasteiger partial charge in [0.25, 0.3) is 0 Å². The molecule has 4 nitrogen and oxygen atoms in total. The molecule has 0 unspecified atom stereocenters. The van der Waals surface area contributed by atoms with Crippen molar-refractivity contribution in [3.05, 3.63) is 22.4 Å². The zero-order chi connectivity index (χ0) is 11.7. The zero-order valence-corrected chi connectivity index (χ0v) is 10.6. The number of piperidine rings is 1. The highest BCUT2D eigenvalue weighted by atomic mass is 32.1. The molecular weight excluding hydrogens is 236 g/mol. The van der Waals surface area contributed by atoms with E-state index in [9.17, 15) is 0 Å². The van der Waals surface area contributed by atoms with Gasteiger partial charge in [0.15, 0.2) is 0 Å². The largest absolute Gasteiger partial charge is 0.481 e. The fraction of sp³-hybridized carbons (Fsp3) is 0.500. The van der Waals surface area contributed by atoms with E-state index in [-0.39, 0.29) is 5.60 Å². The molecule has 1 aromatic heterocycles. The molecule has 0 amide bonds. The molecule has 3 rings (SSSR count). The van der Waals surface area contributed by atoms with Gasteiger partial charge in [0.05, 0.1) is 17.7 Å². The number of fused-ring (bicyclic) bond motifs is 1. The Kier molecular flexibility index (Phi) is 2.82. The predicted octanol–water partition coefficient (Wildman–Crippen LogP) is 1.75. The van der Waals surface area contributed by atoms with Crippen LogP contribution in [0.25, 0.3) is 5.70 Å². The van der Waals surface area contributed by atoms with Crippen molar-refractivity contribution in [3.63, 3.8) is 0 Å². The number of hydroxylamine groups is 1. The molecule has 3 heterocycles. The molecule has 0 radical (unpaired) electrons. The van der Waals surface area contributed by atoms with Gasteiger partial charge in [-0.3, -0.25) is 10.3 Å². The van der Waals surface area contributed by atoms with Gasteiger partial charge in [0, 0.05) is 12.8 Å². The van der Waals surface area contributed by atoms with E-state index in [1.807, 2.05) is 6.07 Å². The zero-order valence-electron chi connectivity index (χ0n) is 9.79. The topological polar surface area (TPSA) is 42.5 Å². The first-order chi connectivity index (χ1) is 8.33. The molecule has 1 aromatic rings. The summed E-state index contributed by atoms with van der Waals surface area (Å²) in [5, 5.41) is 5.41. The molecule has 1 saturated heterocycles. The van der Waals surface area contributed by atoms with Crippen molar-refractivity contribution in [1.82, 2.24) is 10.8 Å². The van der Waals surface area contributed by atoms with Crippen LogP contribution in [-0.4, -0.2) is 25.8 Å². The summed E-state index contributed by atoms with van der Waals surface area (Å²) in [5.74, 6) is 0.971. The first kappa shape index (κ1) is 11.1. The van der Waals surface area contributed by atoms with E-state index in [0.717, 1.165) is 42.3 Å². The van der Waals surface area contributed by atoms with Crippen molar-refractivity contribution >= 4 is 17.0 Å². The number of rotatable bonds is 2. The van der Waals surface area contributed by atoms with Gasteiger partial charge in [0.2, 0.25) is 0 Å². The molecule has 1 spiro atoms. The summed E-state index contributed by atoms with van der Waals surface area (Å²) >= 11 is 1.67. The molecule has 1 fully saturated rings. The van der Waals surface area contributed by atoms with Gasteiger partial charge in [-0.05, 0) is 30.6 Å². The van der Waals surface area contributed by atoms with Crippen LogP contribution < -0.4 is 15.5 Å². The van der Waals surface area contributed by atoms with E-state index in [1.165, 1.54) is 0 Å². The molecule has 92 valence electrons. The molecule has 0 aliphatic carbocycles. The molecule has 0 bridgehead atoms. The highest BCUT2D eigenvalue weighted by Gasteiger charge is 2.37. The average Bonchev–Trinajstić information content (AvgIpc) is 2.78. The van der Waals surface area contributed by atoms with Crippen LogP contribution in [0, 0.1) is 0 Å². The Balaban J connectivity index is 1.96. The fourth-order valence-electron chi connectivity index (χ4n) is 2.43. The number of hydrogen-bond donors (Lipinski definition) is 2. The number of hydrogen-bond acceptors (Lipinski definition) is 5. The van der Waals surface area contributed by atoms with Crippen molar-refractivity contribution in [3.8, 4) is 5.75 Å². The maximum absolute atomic E-state index is 6.18. The summed E-state index contributed by atoms with van der Waals surface area (Å²) in [4.78, 5) is 6.18. The van der Waals surface area contributed by atoms with E-state index in [1.54, 1.807) is 18.4 Å². The van der Waals surface area contributed by atoms with E-state index in [2.05, 4.69) is 22.3 Å². The minimum atomic E-state index is -0.166. The lowest BCUT2D eigenvalue weighted by Crippen LogP contribution is -2.46. The SMILES string of the molecule is CONC1=CC2(CCNCC2)Oc2ccsc21. The van der Waals surface area contributed by atoms with Gasteiger partial charge >= 0.3 is 0 Å². The lowest BCUT2D eigenvalue weighted by molar-refractivity contribution is 0.0766. The predicted molar refractivity (Wildman–Crippen MR) is 67.9 cm³/mol.